The number of amidine groups is 2. The van der Waals surface area contributed by atoms with Gasteiger partial charge in [0.25, 0.3) is 0 Å². The van der Waals surface area contributed by atoms with E-state index in [0.717, 1.165) is 5.06 Å². The number of aliphatic hydroxyl groups is 1. The number of nitrogens with one attached hydrogen (secondary N) is 2. The average Bonchev–Trinajstić information content (AvgIpc) is 2.55. The van der Waals surface area contributed by atoms with Crippen LogP contribution in [0.25, 0.3) is 0 Å². The quantitative estimate of drug-likeness (QED) is 0.692. The first-order chi connectivity index (χ1) is 8.02. The molecule has 0 spiro atoms. The predicted octanol–water partition coefficient (Wildman–Crippen LogP) is 0.492. The summed E-state index contributed by atoms with van der Waals surface area (Å²) in [5.41, 5.74) is 1.05. The summed E-state index contributed by atoms with van der Waals surface area (Å²) in [4.78, 5) is 16.0. The number of hydroxylamine groups is 2. The Morgan fingerprint density at radius 3 is 2.18 bits per heavy atom. The van der Waals surface area contributed by atoms with Crippen LogP contribution in [0.3, 0.4) is 0 Å². The van der Waals surface area contributed by atoms with Crippen molar-refractivity contribution >= 4 is 17.6 Å². The third-order valence-corrected chi connectivity index (χ3v) is 2.37. The zero-order valence-corrected chi connectivity index (χ0v) is 9.10. The van der Waals surface area contributed by atoms with Gasteiger partial charge in [-0.25, -0.2) is 4.79 Å². The Hall–Kier alpha value is -2.21. The molecule has 17 heavy (non-hydrogen) atoms. The van der Waals surface area contributed by atoms with E-state index in [9.17, 15) is 4.79 Å². The lowest BCUT2D eigenvalue weighted by Crippen LogP contribution is -2.36. The first-order valence-corrected chi connectivity index (χ1v) is 4.99. The second kappa shape index (κ2) is 3.99. The van der Waals surface area contributed by atoms with Crippen LogP contribution in [-0.2, 0) is 9.63 Å². The van der Waals surface area contributed by atoms with Crippen molar-refractivity contribution in [2.24, 2.45) is 0 Å². The van der Waals surface area contributed by atoms with Gasteiger partial charge in [0.05, 0.1) is 0 Å². The van der Waals surface area contributed by atoms with E-state index in [0.29, 0.717) is 11.1 Å². The first-order valence-electron chi connectivity index (χ1n) is 4.99. The third kappa shape index (κ3) is 1.78. The highest BCUT2D eigenvalue weighted by Gasteiger charge is 2.33. The molecular weight excluding hydrogens is 222 g/mol. The Morgan fingerprint density at radius 2 is 1.76 bits per heavy atom. The number of benzene rings is 1. The lowest BCUT2D eigenvalue weighted by molar-refractivity contribution is -0.171. The minimum absolute atomic E-state index is 0.0837. The van der Waals surface area contributed by atoms with Gasteiger partial charge in [-0.15, -0.1) is 5.06 Å². The highest BCUT2D eigenvalue weighted by molar-refractivity contribution is 6.22. The van der Waals surface area contributed by atoms with Gasteiger partial charge in [-0.1, -0.05) is 24.3 Å². The summed E-state index contributed by atoms with van der Waals surface area (Å²) >= 11 is 0. The molecule has 3 N–H and O–H groups in total. The molecule has 1 aromatic rings. The Bertz CT molecular complexity index is 475. The maximum Gasteiger partial charge on any atom is 0.360 e. The van der Waals surface area contributed by atoms with E-state index in [-0.39, 0.29) is 11.7 Å². The normalized spacial score (nSPS) is 15.8. The Kier molecular flexibility index (Phi) is 2.64. The maximum atomic E-state index is 11.2. The molecule has 1 aromatic carbocycles. The van der Waals surface area contributed by atoms with Gasteiger partial charge in [0, 0.05) is 11.1 Å². The number of aliphatic hydroxyl groups excluding tert-OH is 1. The van der Waals surface area contributed by atoms with E-state index in [1.165, 1.54) is 6.92 Å². The molecule has 1 heterocycles. The fourth-order valence-corrected chi connectivity index (χ4v) is 1.48. The van der Waals surface area contributed by atoms with Gasteiger partial charge in [0.1, 0.15) is 0 Å². The molecule has 88 valence electrons. The van der Waals surface area contributed by atoms with E-state index in [4.69, 9.17) is 20.8 Å². The van der Waals surface area contributed by atoms with Gasteiger partial charge >= 0.3 is 5.97 Å². The van der Waals surface area contributed by atoms with Crippen molar-refractivity contribution in [2.45, 2.75) is 13.0 Å². The van der Waals surface area contributed by atoms with Crippen molar-refractivity contribution in [3.63, 3.8) is 0 Å². The summed E-state index contributed by atoms with van der Waals surface area (Å²) in [7, 11) is 0. The zero-order valence-electron chi connectivity index (χ0n) is 9.10. The van der Waals surface area contributed by atoms with E-state index < -0.39 is 12.1 Å². The number of hydrogen-bond donors (Lipinski definition) is 3. The third-order valence-electron chi connectivity index (χ3n) is 2.37. The number of hydrogen-bond acceptors (Lipinski definition) is 5. The van der Waals surface area contributed by atoms with Crippen LogP contribution in [0.1, 0.15) is 18.1 Å². The summed E-state index contributed by atoms with van der Waals surface area (Å²) in [6.07, 6.45) is -1.29. The van der Waals surface area contributed by atoms with Gasteiger partial charge in [-0.2, -0.15) is 0 Å². The van der Waals surface area contributed by atoms with Crippen molar-refractivity contribution < 1.29 is 14.7 Å². The van der Waals surface area contributed by atoms with Gasteiger partial charge in [-0.05, 0) is 6.92 Å². The summed E-state index contributed by atoms with van der Waals surface area (Å²) < 4.78 is 0. The van der Waals surface area contributed by atoms with Gasteiger partial charge in [0.15, 0.2) is 17.8 Å². The molecule has 0 aliphatic carbocycles. The molecule has 0 amide bonds. The molecule has 0 saturated carbocycles. The zero-order chi connectivity index (χ0) is 12.6. The summed E-state index contributed by atoms with van der Waals surface area (Å²) in [6, 6.07) is 6.81. The smallest absolute Gasteiger partial charge is 0.360 e. The van der Waals surface area contributed by atoms with Crippen LogP contribution in [0.5, 0.6) is 0 Å². The number of rotatable bonds is 2. The minimum Gasteiger partial charge on any atom is -0.382 e. The fraction of sp³-hybridized carbons (Fsp3) is 0.182. The highest BCUT2D eigenvalue weighted by Crippen LogP contribution is 2.22. The second-order valence-electron chi connectivity index (χ2n) is 3.62. The molecule has 0 saturated heterocycles. The molecule has 0 radical (unpaired) electrons. The monoisotopic (exact) mass is 233 g/mol. The maximum absolute atomic E-state index is 11.2. The first kappa shape index (κ1) is 11.3. The van der Waals surface area contributed by atoms with Crippen molar-refractivity contribution in [1.82, 2.24) is 5.06 Å². The number of fused-ring (bicyclic) bond motifs is 1. The minimum atomic E-state index is -1.29. The molecule has 0 fully saturated rings. The molecule has 2 rings (SSSR count). The summed E-state index contributed by atoms with van der Waals surface area (Å²) in [5.74, 6) is -1.06. The van der Waals surface area contributed by atoms with Crippen LogP contribution in [0.15, 0.2) is 24.3 Å². The predicted molar refractivity (Wildman–Crippen MR) is 59.7 cm³/mol. The Balaban J connectivity index is 2.28. The Labute approximate surface area is 97.4 Å². The Morgan fingerprint density at radius 1 is 1.29 bits per heavy atom. The largest absolute Gasteiger partial charge is 0.382 e. The van der Waals surface area contributed by atoms with Gasteiger partial charge in [-0.3, -0.25) is 10.8 Å². The van der Waals surface area contributed by atoms with Crippen molar-refractivity contribution in [1.29, 1.82) is 10.8 Å². The van der Waals surface area contributed by atoms with E-state index in [1.54, 1.807) is 24.3 Å². The fourth-order valence-electron chi connectivity index (χ4n) is 1.48. The molecule has 1 aliphatic rings. The van der Waals surface area contributed by atoms with Gasteiger partial charge < -0.3 is 9.94 Å². The van der Waals surface area contributed by atoms with Crippen LogP contribution in [0.4, 0.5) is 0 Å². The lowest BCUT2D eigenvalue weighted by atomic mass is 10.1. The van der Waals surface area contributed by atoms with Crippen molar-refractivity contribution in [3.05, 3.63) is 35.4 Å². The van der Waals surface area contributed by atoms with Crippen LogP contribution in [0, 0.1) is 10.8 Å². The van der Waals surface area contributed by atoms with E-state index in [2.05, 4.69) is 0 Å². The highest BCUT2D eigenvalue weighted by atomic mass is 16.7. The second-order valence-corrected chi connectivity index (χ2v) is 3.62. The SMILES string of the molecule is CC(O)C(=O)ON1C(=N)c2ccccc2C1=N. The van der Waals surface area contributed by atoms with Crippen molar-refractivity contribution in [3.8, 4) is 0 Å². The van der Waals surface area contributed by atoms with Crippen LogP contribution >= 0.6 is 0 Å². The van der Waals surface area contributed by atoms with E-state index in [1.807, 2.05) is 0 Å². The molecule has 0 aromatic heterocycles. The molecule has 1 aliphatic heterocycles. The topological polar surface area (TPSA) is 97.5 Å². The molecule has 0 bridgehead atoms. The van der Waals surface area contributed by atoms with E-state index >= 15 is 0 Å². The molecule has 1 atom stereocenters. The van der Waals surface area contributed by atoms with Gasteiger partial charge in [0.2, 0.25) is 0 Å². The number of nitrogens with zero attached hydrogens (tertiary/aromatic N) is 1. The summed E-state index contributed by atoms with van der Waals surface area (Å²) in [5, 5.41) is 25.4. The standard InChI is InChI=1S/C11H11N3O3/c1-6(15)11(16)17-14-9(12)7-4-2-3-5-8(7)10(14)13/h2-6,12-13,15H,1H3. The number of carbonyl (C=O) groups is 1. The molecule has 6 nitrogen and oxygen atoms in total. The van der Waals surface area contributed by atoms with Crippen molar-refractivity contribution in [2.75, 3.05) is 0 Å². The van der Waals surface area contributed by atoms with Crippen LogP contribution in [0.2, 0.25) is 0 Å². The molecule has 1 unspecified atom stereocenters. The number of carbonyl (C=O) groups excluding carboxylic acids is 1. The van der Waals surface area contributed by atoms with Crippen LogP contribution in [-0.4, -0.2) is 33.9 Å². The molecule has 6 heteroatoms. The summed E-state index contributed by atoms with van der Waals surface area (Å²) in [6.45, 7) is 1.26. The molecular formula is C11H11N3O3. The van der Waals surface area contributed by atoms with Crippen LogP contribution < -0.4 is 0 Å². The average molecular weight is 233 g/mol. The lowest BCUT2D eigenvalue weighted by Gasteiger charge is -2.17.